The highest BCUT2D eigenvalue weighted by Crippen LogP contribution is 2.27. The van der Waals surface area contributed by atoms with Gasteiger partial charge in [0.1, 0.15) is 5.82 Å². The molecule has 2 aromatic heterocycles. The van der Waals surface area contributed by atoms with Gasteiger partial charge in [-0.15, -0.1) is 0 Å². The Morgan fingerprint density at radius 2 is 2.19 bits per heavy atom. The van der Waals surface area contributed by atoms with E-state index in [2.05, 4.69) is 10.1 Å². The van der Waals surface area contributed by atoms with Crippen LogP contribution in [0.25, 0.3) is 11.0 Å². The Morgan fingerprint density at radius 1 is 1.35 bits per heavy atom. The quantitative estimate of drug-likeness (QED) is 0.786. The van der Waals surface area contributed by atoms with Crippen LogP contribution in [0.1, 0.15) is 42.3 Å². The lowest BCUT2D eigenvalue weighted by Crippen LogP contribution is -2.39. The Hall–Kier alpha value is -2.63. The molecule has 3 heterocycles. The SMILES string of the molecule is Cc1c(CCC(=O)N2CCCC(c3nc4ccccc4[nH]3)C2)cnn1C. The van der Waals surface area contributed by atoms with Crippen LogP contribution in [0.3, 0.4) is 0 Å². The van der Waals surface area contributed by atoms with Crippen molar-refractivity contribution in [3.05, 3.63) is 47.5 Å². The molecular formula is C20H25N5O. The smallest absolute Gasteiger partial charge is 0.222 e. The summed E-state index contributed by atoms with van der Waals surface area (Å²) in [4.78, 5) is 22.9. The Kier molecular flexibility index (Phi) is 4.49. The van der Waals surface area contributed by atoms with E-state index in [1.54, 1.807) is 0 Å². The van der Waals surface area contributed by atoms with Crippen LogP contribution < -0.4 is 0 Å². The predicted molar refractivity (Wildman–Crippen MR) is 101 cm³/mol. The van der Waals surface area contributed by atoms with Gasteiger partial charge in [-0.25, -0.2) is 4.98 Å². The Balaban J connectivity index is 1.41. The van der Waals surface area contributed by atoms with Gasteiger partial charge in [-0.3, -0.25) is 9.48 Å². The molecule has 136 valence electrons. The Morgan fingerprint density at radius 3 is 2.96 bits per heavy atom. The van der Waals surface area contributed by atoms with Crippen molar-refractivity contribution in [3.8, 4) is 0 Å². The van der Waals surface area contributed by atoms with Gasteiger partial charge in [0.25, 0.3) is 0 Å². The number of hydrogen-bond donors (Lipinski definition) is 1. The molecule has 1 amide bonds. The van der Waals surface area contributed by atoms with Gasteiger partial charge in [0, 0.05) is 38.2 Å². The number of fused-ring (bicyclic) bond motifs is 1. The van der Waals surface area contributed by atoms with Crippen molar-refractivity contribution in [1.29, 1.82) is 0 Å². The molecule has 1 aliphatic rings. The van der Waals surface area contributed by atoms with Gasteiger partial charge in [0.15, 0.2) is 0 Å². The molecule has 1 saturated heterocycles. The van der Waals surface area contributed by atoms with Crippen LogP contribution in [-0.2, 0) is 18.3 Å². The molecule has 1 N–H and O–H groups in total. The zero-order chi connectivity index (χ0) is 18.1. The number of H-pyrrole nitrogens is 1. The number of para-hydroxylation sites is 2. The summed E-state index contributed by atoms with van der Waals surface area (Å²) < 4.78 is 1.86. The molecule has 0 spiro atoms. The third-order valence-electron chi connectivity index (χ3n) is 5.51. The molecule has 0 bridgehead atoms. The van der Waals surface area contributed by atoms with E-state index in [-0.39, 0.29) is 5.91 Å². The highest BCUT2D eigenvalue weighted by atomic mass is 16.2. The minimum atomic E-state index is 0.231. The lowest BCUT2D eigenvalue weighted by molar-refractivity contribution is -0.132. The molecule has 0 radical (unpaired) electrons. The van der Waals surface area contributed by atoms with Gasteiger partial charge in [0.05, 0.1) is 17.2 Å². The maximum absolute atomic E-state index is 12.7. The van der Waals surface area contributed by atoms with E-state index >= 15 is 0 Å². The number of aryl methyl sites for hydroxylation is 2. The molecule has 3 aromatic rings. The first-order valence-corrected chi connectivity index (χ1v) is 9.31. The van der Waals surface area contributed by atoms with E-state index in [1.165, 1.54) is 0 Å². The number of aromatic nitrogens is 4. The molecule has 26 heavy (non-hydrogen) atoms. The lowest BCUT2D eigenvalue weighted by atomic mass is 9.97. The number of imidazole rings is 1. The lowest BCUT2D eigenvalue weighted by Gasteiger charge is -2.32. The average Bonchev–Trinajstić information content (AvgIpc) is 3.24. The second-order valence-electron chi connectivity index (χ2n) is 7.20. The summed E-state index contributed by atoms with van der Waals surface area (Å²) in [5.41, 5.74) is 4.36. The summed E-state index contributed by atoms with van der Waals surface area (Å²) in [6.07, 6.45) is 5.27. The van der Waals surface area contributed by atoms with Crippen LogP contribution in [0.5, 0.6) is 0 Å². The Bertz CT molecular complexity index is 892. The minimum absolute atomic E-state index is 0.231. The van der Waals surface area contributed by atoms with Crippen LogP contribution >= 0.6 is 0 Å². The van der Waals surface area contributed by atoms with Crippen molar-refractivity contribution in [2.75, 3.05) is 13.1 Å². The first kappa shape index (κ1) is 16.8. The molecule has 1 aliphatic heterocycles. The predicted octanol–water partition coefficient (Wildman–Crippen LogP) is 2.94. The molecule has 1 unspecified atom stereocenters. The Labute approximate surface area is 153 Å². The molecular weight excluding hydrogens is 326 g/mol. The molecule has 6 heteroatoms. The van der Waals surface area contributed by atoms with Crippen molar-refractivity contribution in [2.45, 2.75) is 38.5 Å². The number of carbonyl (C=O) groups excluding carboxylic acids is 1. The second kappa shape index (κ2) is 6.94. The molecule has 4 rings (SSSR count). The molecule has 0 saturated carbocycles. The molecule has 1 atom stereocenters. The van der Waals surface area contributed by atoms with Crippen LogP contribution in [0.15, 0.2) is 30.5 Å². The van der Waals surface area contributed by atoms with Gasteiger partial charge < -0.3 is 9.88 Å². The maximum Gasteiger partial charge on any atom is 0.222 e. The zero-order valence-corrected chi connectivity index (χ0v) is 15.4. The summed E-state index contributed by atoms with van der Waals surface area (Å²) in [5, 5.41) is 4.26. The standard InChI is InChI=1S/C20H25N5O/c1-14-15(12-21-24(14)2)9-10-19(26)25-11-5-6-16(13-25)20-22-17-7-3-4-8-18(17)23-20/h3-4,7-8,12,16H,5-6,9-11,13H2,1-2H3,(H,22,23). The van der Waals surface area contributed by atoms with Gasteiger partial charge in [-0.2, -0.15) is 5.10 Å². The monoisotopic (exact) mass is 351 g/mol. The minimum Gasteiger partial charge on any atom is -0.342 e. The number of piperidine rings is 1. The highest BCUT2D eigenvalue weighted by molar-refractivity contribution is 5.77. The summed E-state index contributed by atoms with van der Waals surface area (Å²) in [6, 6.07) is 8.09. The first-order chi connectivity index (χ1) is 12.6. The summed E-state index contributed by atoms with van der Waals surface area (Å²) in [6.45, 7) is 3.65. The first-order valence-electron chi connectivity index (χ1n) is 9.31. The fourth-order valence-electron chi connectivity index (χ4n) is 3.78. The number of benzene rings is 1. The van der Waals surface area contributed by atoms with Gasteiger partial charge in [-0.05, 0) is 43.9 Å². The van der Waals surface area contributed by atoms with Crippen LogP contribution in [0.2, 0.25) is 0 Å². The van der Waals surface area contributed by atoms with Crippen LogP contribution in [0.4, 0.5) is 0 Å². The number of amides is 1. The third kappa shape index (κ3) is 3.23. The number of aromatic amines is 1. The van der Waals surface area contributed by atoms with Crippen LogP contribution in [0, 0.1) is 6.92 Å². The van der Waals surface area contributed by atoms with E-state index in [0.717, 1.165) is 60.5 Å². The fourth-order valence-corrected chi connectivity index (χ4v) is 3.78. The van der Waals surface area contributed by atoms with E-state index < -0.39 is 0 Å². The summed E-state index contributed by atoms with van der Waals surface area (Å²) in [7, 11) is 1.93. The second-order valence-corrected chi connectivity index (χ2v) is 7.20. The van der Waals surface area contributed by atoms with E-state index in [0.29, 0.717) is 12.3 Å². The summed E-state index contributed by atoms with van der Waals surface area (Å²) in [5.74, 6) is 1.53. The van der Waals surface area contributed by atoms with Gasteiger partial charge >= 0.3 is 0 Å². The van der Waals surface area contributed by atoms with Gasteiger partial charge in [-0.1, -0.05) is 12.1 Å². The number of hydrogen-bond acceptors (Lipinski definition) is 3. The number of nitrogens with one attached hydrogen (secondary N) is 1. The van der Waals surface area contributed by atoms with Crippen molar-refractivity contribution in [3.63, 3.8) is 0 Å². The van der Waals surface area contributed by atoms with Crippen molar-refractivity contribution >= 4 is 16.9 Å². The highest BCUT2D eigenvalue weighted by Gasteiger charge is 2.26. The number of nitrogens with zero attached hydrogens (tertiary/aromatic N) is 4. The molecule has 1 fully saturated rings. The van der Waals surface area contributed by atoms with E-state index in [4.69, 9.17) is 4.98 Å². The zero-order valence-electron chi connectivity index (χ0n) is 15.4. The molecule has 6 nitrogen and oxygen atoms in total. The molecule has 0 aliphatic carbocycles. The normalized spacial score (nSPS) is 17.8. The fraction of sp³-hybridized carbons (Fsp3) is 0.450. The van der Waals surface area contributed by atoms with E-state index in [9.17, 15) is 4.79 Å². The third-order valence-corrected chi connectivity index (χ3v) is 5.51. The van der Waals surface area contributed by atoms with Crippen molar-refractivity contribution < 1.29 is 4.79 Å². The van der Waals surface area contributed by atoms with Crippen LogP contribution in [-0.4, -0.2) is 43.6 Å². The molecule has 1 aromatic carbocycles. The largest absolute Gasteiger partial charge is 0.342 e. The topological polar surface area (TPSA) is 66.8 Å². The van der Waals surface area contributed by atoms with Crippen molar-refractivity contribution in [1.82, 2.24) is 24.6 Å². The van der Waals surface area contributed by atoms with E-state index in [1.807, 2.05) is 54.0 Å². The number of rotatable bonds is 4. The van der Waals surface area contributed by atoms with Crippen molar-refractivity contribution in [2.24, 2.45) is 7.05 Å². The number of likely N-dealkylation sites (tertiary alicyclic amines) is 1. The maximum atomic E-state index is 12.7. The average molecular weight is 351 g/mol. The van der Waals surface area contributed by atoms with Gasteiger partial charge in [0.2, 0.25) is 5.91 Å². The number of carbonyl (C=O) groups is 1. The summed E-state index contributed by atoms with van der Waals surface area (Å²) >= 11 is 0.